The highest BCUT2D eigenvalue weighted by Gasteiger charge is 2.32. The fourth-order valence-corrected chi connectivity index (χ4v) is 2.28. The third-order valence-electron chi connectivity index (χ3n) is 3.31. The maximum atomic E-state index is 13.7. The van der Waals surface area contributed by atoms with Crippen LogP contribution < -0.4 is 4.74 Å². The zero-order valence-electron chi connectivity index (χ0n) is 11.1. The van der Waals surface area contributed by atoms with Gasteiger partial charge in [0.2, 0.25) is 0 Å². The summed E-state index contributed by atoms with van der Waals surface area (Å²) in [4.78, 5) is 24.7. The SMILES string of the molecule is CCOc1c(F)cccc1C(=O)N1CCC(C(=O)O)C1. The number of hydrogen-bond donors (Lipinski definition) is 1. The Bertz CT molecular complexity index is 532. The summed E-state index contributed by atoms with van der Waals surface area (Å²) in [5, 5.41) is 8.94. The lowest BCUT2D eigenvalue weighted by Crippen LogP contribution is -2.30. The third kappa shape index (κ3) is 2.74. The summed E-state index contributed by atoms with van der Waals surface area (Å²) >= 11 is 0. The molecule has 20 heavy (non-hydrogen) atoms. The van der Waals surface area contributed by atoms with E-state index in [0.29, 0.717) is 13.0 Å². The molecule has 0 radical (unpaired) electrons. The van der Waals surface area contributed by atoms with Crippen LogP contribution in [0.1, 0.15) is 23.7 Å². The van der Waals surface area contributed by atoms with E-state index in [-0.39, 0.29) is 24.5 Å². The van der Waals surface area contributed by atoms with Crippen LogP contribution in [0, 0.1) is 11.7 Å². The Morgan fingerprint density at radius 1 is 1.50 bits per heavy atom. The zero-order valence-corrected chi connectivity index (χ0v) is 11.1. The second-order valence-electron chi connectivity index (χ2n) is 4.62. The lowest BCUT2D eigenvalue weighted by Gasteiger charge is -2.18. The number of ether oxygens (including phenoxy) is 1. The molecule has 1 fully saturated rings. The van der Waals surface area contributed by atoms with Crippen LogP contribution >= 0.6 is 0 Å². The van der Waals surface area contributed by atoms with Crippen LogP contribution in [0.2, 0.25) is 0 Å². The van der Waals surface area contributed by atoms with E-state index in [1.807, 2.05) is 0 Å². The van der Waals surface area contributed by atoms with Gasteiger partial charge in [-0.2, -0.15) is 0 Å². The van der Waals surface area contributed by atoms with Gasteiger partial charge in [0.1, 0.15) is 0 Å². The molecule has 1 aromatic rings. The standard InChI is InChI=1S/C14H16FNO4/c1-2-20-12-10(4-3-5-11(12)15)13(17)16-7-6-9(8-16)14(18)19/h3-5,9H,2,6-8H2,1H3,(H,18,19). The van der Waals surface area contributed by atoms with E-state index in [1.54, 1.807) is 6.92 Å². The largest absolute Gasteiger partial charge is 0.490 e. The molecule has 1 aromatic carbocycles. The normalized spacial score (nSPS) is 18.1. The van der Waals surface area contributed by atoms with Crippen molar-refractivity contribution in [3.05, 3.63) is 29.6 Å². The van der Waals surface area contributed by atoms with Crippen molar-refractivity contribution in [1.29, 1.82) is 0 Å². The van der Waals surface area contributed by atoms with E-state index in [0.717, 1.165) is 0 Å². The number of carbonyl (C=O) groups excluding carboxylic acids is 1. The van der Waals surface area contributed by atoms with Gasteiger partial charge in [-0.05, 0) is 25.5 Å². The molecule has 108 valence electrons. The lowest BCUT2D eigenvalue weighted by atomic mass is 10.1. The Labute approximate surface area is 116 Å². The summed E-state index contributed by atoms with van der Waals surface area (Å²) in [5.74, 6) is -2.52. The summed E-state index contributed by atoms with van der Waals surface area (Å²) in [6.45, 7) is 2.46. The van der Waals surface area contributed by atoms with Crippen LogP contribution in [0.4, 0.5) is 4.39 Å². The Balaban J connectivity index is 2.22. The molecule has 1 unspecified atom stereocenters. The van der Waals surface area contributed by atoms with E-state index in [1.165, 1.54) is 23.1 Å². The van der Waals surface area contributed by atoms with Crippen LogP contribution in [-0.4, -0.2) is 41.6 Å². The number of likely N-dealkylation sites (tertiary alicyclic amines) is 1. The second kappa shape index (κ2) is 5.90. The summed E-state index contributed by atoms with van der Waals surface area (Å²) in [6, 6.07) is 4.16. The second-order valence-corrected chi connectivity index (χ2v) is 4.62. The smallest absolute Gasteiger partial charge is 0.308 e. The predicted molar refractivity (Wildman–Crippen MR) is 69.2 cm³/mol. The van der Waals surface area contributed by atoms with Crippen molar-refractivity contribution in [2.75, 3.05) is 19.7 Å². The first-order valence-corrected chi connectivity index (χ1v) is 6.48. The Kier molecular flexibility index (Phi) is 4.22. The van der Waals surface area contributed by atoms with Crippen LogP contribution in [0.15, 0.2) is 18.2 Å². The van der Waals surface area contributed by atoms with Gasteiger partial charge in [-0.25, -0.2) is 4.39 Å². The molecule has 0 aliphatic carbocycles. The summed E-state index contributed by atoms with van der Waals surface area (Å²) in [7, 11) is 0. The molecular weight excluding hydrogens is 265 g/mol. The van der Waals surface area contributed by atoms with Crippen molar-refractivity contribution in [2.45, 2.75) is 13.3 Å². The van der Waals surface area contributed by atoms with Gasteiger partial charge in [-0.3, -0.25) is 9.59 Å². The number of carboxylic acid groups (broad SMARTS) is 1. The molecular formula is C14H16FNO4. The van der Waals surface area contributed by atoms with Crippen LogP contribution in [0.5, 0.6) is 5.75 Å². The van der Waals surface area contributed by atoms with Gasteiger partial charge in [0, 0.05) is 13.1 Å². The number of benzene rings is 1. The average molecular weight is 281 g/mol. The molecule has 1 aliphatic heterocycles. The van der Waals surface area contributed by atoms with Gasteiger partial charge in [-0.1, -0.05) is 6.07 Å². The molecule has 0 bridgehead atoms. The van der Waals surface area contributed by atoms with Gasteiger partial charge < -0.3 is 14.7 Å². The van der Waals surface area contributed by atoms with Crippen molar-refractivity contribution >= 4 is 11.9 Å². The average Bonchev–Trinajstić information content (AvgIpc) is 2.90. The van der Waals surface area contributed by atoms with Gasteiger partial charge in [0.15, 0.2) is 11.6 Å². The molecule has 0 saturated carbocycles. The van der Waals surface area contributed by atoms with Gasteiger partial charge >= 0.3 is 5.97 Å². The summed E-state index contributed by atoms with van der Waals surface area (Å²) < 4.78 is 18.9. The number of amides is 1. The van der Waals surface area contributed by atoms with Crippen LogP contribution in [0.3, 0.4) is 0 Å². The van der Waals surface area contributed by atoms with E-state index in [4.69, 9.17) is 9.84 Å². The minimum Gasteiger partial charge on any atom is -0.490 e. The Morgan fingerprint density at radius 3 is 2.85 bits per heavy atom. The highest BCUT2D eigenvalue weighted by molar-refractivity contribution is 5.97. The van der Waals surface area contributed by atoms with E-state index in [9.17, 15) is 14.0 Å². The molecule has 5 nitrogen and oxygen atoms in total. The number of aliphatic carboxylic acids is 1. The van der Waals surface area contributed by atoms with E-state index in [2.05, 4.69) is 0 Å². The van der Waals surface area contributed by atoms with Crippen molar-refractivity contribution in [3.8, 4) is 5.75 Å². The minimum absolute atomic E-state index is 0.0706. The number of halogens is 1. The number of carboxylic acids is 1. The third-order valence-corrected chi connectivity index (χ3v) is 3.31. The fraction of sp³-hybridized carbons (Fsp3) is 0.429. The Morgan fingerprint density at radius 2 is 2.25 bits per heavy atom. The minimum atomic E-state index is -0.912. The molecule has 0 aromatic heterocycles. The predicted octanol–water partition coefficient (Wildman–Crippen LogP) is 1.77. The highest BCUT2D eigenvalue weighted by Crippen LogP contribution is 2.26. The molecule has 1 saturated heterocycles. The first kappa shape index (κ1) is 14.3. The highest BCUT2D eigenvalue weighted by atomic mass is 19.1. The first-order chi connectivity index (χ1) is 9.54. The summed E-state index contributed by atoms with van der Waals surface area (Å²) in [6.07, 6.45) is 0.417. The molecule has 0 spiro atoms. The summed E-state index contributed by atoms with van der Waals surface area (Å²) in [5.41, 5.74) is 0.137. The number of rotatable bonds is 4. The van der Waals surface area contributed by atoms with Gasteiger partial charge in [0.05, 0.1) is 18.1 Å². The number of carbonyl (C=O) groups is 2. The van der Waals surface area contributed by atoms with Gasteiger partial charge in [0.25, 0.3) is 5.91 Å². The molecule has 1 amide bonds. The molecule has 6 heteroatoms. The van der Waals surface area contributed by atoms with Crippen LogP contribution in [-0.2, 0) is 4.79 Å². The van der Waals surface area contributed by atoms with Crippen molar-refractivity contribution in [1.82, 2.24) is 4.90 Å². The number of hydrogen-bond acceptors (Lipinski definition) is 3. The Hall–Kier alpha value is -2.11. The maximum absolute atomic E-state index is 13.7. The molecule has 1 heterocycles. The zero-order chi connectivity index (χ0) is 14.7. The van der Waals surface area contributed by atoms with Gasteiger partial charge in [-0.15, -0.1) is 0 Å². The van der Waals surface area contributed by atoms with Crippen molar-refractivity contribution in [2.24, 2.45) is 5.92 Å². The quantitative estimate of drug-likeness (QED) is 0.913. The monoisotopic (exact) mass is 281 g/mol. The lowest BCUT2D eigenvalue weighted by molar-refractivity contribution is -0.141. The topological polar surface area (TPSA) is 66.8 Å². The van der Waals surface area contributed by atoms with Crippen molar-refractivity contribution < 1.29 is 23.8 Å². The van der Waals surface area contributed by atoms with Crippen LogP contribution in [0.25, 0.3) is 0 Å². The molecule has 2 rings (SSSR count). The molecule has 1 atom stereocenters. The fourth-order valence-electron chi connectivity index (χ4n) is 2.28. The van der Waals surface area contributed by atoms with Crippen molar-refractivity contribution in [3.63, 3.8) is 0 Å². The molecule has 1 aliphatic rings. The number of para-hydroxylation sites is 1. The first-order valence-electron chi connectivity index (χ1n) is 6.48. The van der Waals surface area contributed by atoms with E-state index < -0.39 is 23.6 Å². The maximum Gasteiger partial charge on any atom is 0.308 e. The van der Waals surface area contributed by atoms with E-state index >= 15 is 0 Å². The number of nitrogens with zero attached hydrogens (tertiary/aromatic N) is 1. The molecule has 1 N–H and O–H groups in total.